The smallest absolute Gasteiger partial charge is 0.259 e. The summed E-state index contributed by atoms with van der Waals surface area (Å²) in [4.78, 5) is 25.1. The fourth-order valence-corrected chi connectivity index (χ4v) is 5.68. The third-order valence-corrected chi connectivity index (χ3v) is 7.53. The van der Waals surface area contributed by atoms with Gasteiger partial charge in [-0.2, -0.15) is 4.31 Å². The Morgan fingerprint density at radius 2 is 1.52 bits per heavy atom. The molecule has 1 fully saturated rings. The van der Waals surface area contributed by atoms with E-state index in [0.29, 0.717) is 35.2 Å². The number of nitrogens with one attached hydrogen (secondary N) is 1. The van der Waals surface area contributed by atoms with Gasteiger partial charge in [0, 0.05) is 24.0 Å². The maximum atomic E-state index is 12.7. The van der Waals surface area contributed by atoms with Crippen molar-refractivity contribution < 1.29 is 18.0 Å². The van der Waals surface area contributed by atoms with Crippen molar-refractivity contribution in [2.45, 2.75) is 17.7 Å². The number of hydrogen-bond acceptors (Lipinski definition) is 4. The third-order valence-electron chi connectivity index (χ3n) is 5.61. The van der Waals surface area contributed by atoms with Gasteiger partial charge in [0.2, 0.25) is 10.0 Å². The average molecular weight is 406 g/mol. The van der Waals surface area contributed by atoms with Crippen LogP contribution in [0.3, 0.4) is 0 Å². The fraction of sp³-hybridized carbons (Fsp3) is 0.182. The van der Waals surface area contributed by atoms with Crippen molar-refractivity contribution >= 4 is 32.6 Å². The van der Waals surface area contributed by atoms with E-state index in [1.165, 1.54) is 4.31 Å². The molecule has 0 aromatic heterocycles. The van der Waals surface area contributed by atoms with Crippen LogP contribution in [0.5, 0.6) is 0 Å². The minimum Gasteiger partial charge on any atom is -0.288 e. The molecule has 2 amide bonds. The van der Waals surface area contributed by atoms with E-state index < -0.39 is 21.8 Å². The Kier molecular flexibility index (Phi) is 4.04. The van der Waals surface area contributed by atoms with E-state index in [2.05, 4.69) is 5.32 Å². The van der Waals surface area contributed by atoms with Gasteiger partial charge in [-0.15, -0.1) is 0 Å². The summed E-state index contributed by atoms with van der Waals surface area (Å²) in [5, 5.41) is 3.85. The summed E-state index contributed by atoms with van der Waals surface area (Å²) in [5.74, 6) is -0.847. The number of carbonyl (C=O) groups excluding carboxylic acids is 2. The third kappa shape index (κ3) is 2.77. The first-order chi connectivity index (χ1) is 14.0. The molecule has 6 nitrogen and oxygen atoms in total. The molecule has 2 heterocycles. The molecular formula is C22H18N2O4S. The van der Waals surface area contributed by atoms with E-state index in [-0.39, 0.29) is 4.90 Å². The zero-order valence-corrected chi connectivity index (χ0v) is 16.3. The van der Waals surface area contributed by atoms with Gasteiger partial charge in [0.15, 0.2) is 0 Å². The summed E-state index contributed by atoms with van der Waals surface area (Å²) >= 11 is 0. The Labute approximate surface area is 168 Å². The van der Waals surface area contributed by atoms with Crippen LogP contribution in [0.25, 0.3) is 21.9 Å². The largest absolute Gasteiger partial charge is 0.288 e. The normalized spacial score (nSPS) is 17.0. The van der Waals surface area contributed by atoms with Crippen molar-refractivity contribution in [2.24, 2.45) is 0 Å². The summed E-state index contributed by atoms with van der Waals surface area (Å²) in [6.45, 7) is 1.10. The number of rotatable bonds is 3. The summed E-state index contributed by atoms with van der Waals surface area (Å²) in [5.41, 5.74) is 2.29. The van der Waals surface area contributed by atoms with Crippen LogP contribution in [0.15, 0.2) is 59.5 Å². The highest BCUT2D eigenvalue weighted by molar-refractivity contribution is 7.89. The molecule has 1 saturated heterocycles. The molecule has 0 atom stereocenters. The summed E-state index contributed by atoms with van der Waals surface area (Å²) in [6, 6.07) is 15.6. The molecule has 29 heavy (non-hydrogen) atoms. The summed E-state index contributed by atoms with van der Waals surface area (Å²) < 4.78 is 27.0. The molecule has 0 bridgehead atoms. The van der Waals surface area contributed by atoms with Crippen molar-refractivity contribution in [1.29, 1.82) is 0 Å². The highest BCUT2D eigenvalue weighted by Gasteiger charge is 2.29. The predicted octanol–water partition coefficient (Wildman–Crippen LogP) is 3.17. The molecule has 1 N–H and O–H groups in total. The van der Waals surface area contributed by atoms with Crippen molar-refractivity contribution in [3.05, 3.63) is 65.7 Å². The van der Waals surface area contributed by atoms with Crippen molar-refractivity contribution in [3.8, 4) is 11.1 Å². The standard InChI is InChI=1S/C22H18N2O4S/c25-21-18-5-3-4-15-8-11-17(20(19(15)18)22(26)23-21)14-6-9-16(10-7-14)29(27,28)24-12-1-2-13-24/h3-11H,1-2,12-13H2,(H,23,25,26). The maximum Gasteiger partial charge on any atom is 0.259 e. The van der Waals surface area contributed by atoms with Gasteiger partial charge in [-0.1, -0.05) is 36.4 Å². The Bertz CT molecular complexity index is 1270. The Hall–Kier alpha value is -3.03. The topological polar surface area (TPSA) is 83.5 Å². The van der Waals surface area contributed by atoms with Gasteiger partial charge in [-0.25, -0.2) is 8.42 Å². The zero-order chi connectivity index (χ0) is 20.2. The molecule has 3 aromatic rings. The van der Waals surface area contributed by atoms with Crippen LogP contribution >= 0.6 is 0 Å². The highest BCUT2D eigenvalue weighted by Crippen LogP contribution is 2.35. The molecule has 0 radical (unpaired) electrons. The van der Waals surface area contributed by atoms with Crippen LogP contribution in [0, 0.1) is 0 Å². The number of nitrogens with zero attached hydrogens (tertiary/aromatic N) is 1. The monoisotopic (exact) mass is 406 g/mol. The molecular weight excluding hydrogens is 388 g/mol. The lowest BCUT2D eigenvalue weighted by Crippen LogP contribution is -2.35. The first kappa shape index (κ1) is 18.0. The lowest BCUT2D eigenvalue weighted by molar-refractivity contribution is 0.0845. The average Bonchev–Trinajstić information content (AvgIpc) is 3.27. The van der Waals surface area contributed by atoms with Gasteiger partial charge in [-0.3, -0.25) is 14.9 Å². The molecule has 2 aliphatic heterocycles. The maximum absolute atomic E-state index is 12.7. The van der Waals surface area contributed by atoms with Crippen LogP contribution in [0.2, 0.25) is 0 Å². The summed E-state index contributed by atoms with van der Waals surface area (Å²) in [7, 11) is -3.49. The number of carbonyl (C=O) groups is 2. The molecule has 5 rings (SSSR count). The van der Waals surface area contributed by atoms with Gasteiger partial charge < -0.3 is 0 Å². The second-order valence-corrected chi connectivity index (χ2v) is 9.25. The van der Waals surface area contributed by atoms with E-state index in [1.807, 2.05) is 18.2 Å². The van der Waals surface area contributed by atoms with Gasteiger partial charge in [-0.05, 0) is 47.6 Å². The van der Waals surface area contributed by atoms with E-state index in [9.17, 15) is 18.0 Å². The highest BCUT2D eigenvalue weighted by atomic mass is 32.2. The Morgan fingerprint density at radius 1 is 0.793 bits per heavy atom. The fourth-order valence-electron chi connectivity index (χ4n) is 4.16. The molecule has 0 saturated carbocycles. The number of amides is 2. The first-order valence-corrected chi connectivity index (χ1v) is 10.9. The van der Waals surface area contributed by atoms with E-state index in [0.717, 1.165) is 23.8 Å². The molecule has 146 valence electrons. The molecule has 2 aliphatic rings. The SMILES string of the molecule is O=C1NC(=O)c2c(-c3ccc(S(=O)(=O)N4CCCC4)cc3)ccc3cccc1c23. The number of benzene rings is 3. The first-order valence-electron chi connectivity index (χ1n) is 9.49. The number of imide groups is 1. The Balaban J connectivity index is 1.63. The van der Waals surface area contributed by atoms with Gasteiger partial charge in [0.1, 0.15) is 0 Å². The van der Waals surface area contributed by atoms with Crippen molar-refractivity contribution in [3.63, 3.8) is 0 Å². The van der Waals surface area contributed by atoms with Crippen LogP contribution in [0.4, 0.5) is 0 Å². The van der Waals surface area contributed by atoms with Crippen molar-refractivity contribution in [2.75, 3.05) is 13.1 Å². The second-order valence-electron chi connectivity index (χ2n) is 7.31. The minimum atomic E-state index is -3.49. The number of sulfonamides is 1. The minimum absolute atomic E-state index is 0.248. The van der Waals surface area contributed by atoms with E-state index >= 15 is 0 Å². The van der Waals surface area contributed by atoms with Crippen LogP contribution in [0.1, 0.15) is 33.6 Å². The molecule has 0 aliphatic carbocycles. The molecule has 3 aromatic carbocycles. The van der Waals surface area contributed by atoms with Gasteiger partial charge >= 0.3 is 0 Å². The summed E-state index contributed by atoms with van der Waals surface area (Å²) in [6.07, 6.45) is 1.77. The van der Waals surface area contributed by atoms with Crippen molar-refractivity contribution in [1.82, 2.24) is 9.62 Å². The lowest BCUT2D eigenvalue weighted by atomic mass is 9.89. The molecule has 0 unspecified atom stereocenters. The van der Waals surface area contributed by atoms with Crippen LogP contribution in [-0.2, 0) is 10.0 Å². The second kappa shape index (κ2) is 6.50. The lowest BCUT2D eigenvalue weighted by Gasteiger charge is -2.20. The van der Waals surface area contributed by atoms with E-state index in [4.69, 9.17) is 0 Å². The van der Waals surface area contributed by atoms with Crippen LogP contribution < -0.4 is 5.32 Å². The molecule has 0 spiro atoms. The van der Waals surface area contributed by atoms with Gasteiger partial charge in [0.05, 0.1) is 10.5 Å². The van der Waals surface area contributed by atoms with Gasteiger partial charge in [0.25, 0.3) is 11.8 Å². The number of hydrogen-bond donors (Lipinski definition) is 1. The quantitative estimate of drug-likeness (QED) is 0.677. The molecule has 7 heteroatoms. The van der Waals surface area contributed by atoms with E-state index in [1.54, 1.807) is 36.4 Å². The Morgan fingerprint density at radius 3 is 2.24 bits per heavy atom. The predicted molar refractivity (Wildman–Crippen MR) is 109 cm³/mol. The van der Waals surface area contributed by atoms with Crippen LogP contribution in [-0.4, -0.2) is 37.6 Å². The zero-order valence-electron chi connectivity index (χ0n) is 15.5.